The van der Waals surface area contributed by atoms with Crippen molar-refractivity contribution in [3.05, 3.63) is 44.8 Å². The first-order valence-corrected chi connectivity index (χ1v) is 8.46. The Hall–Kier alpha value is -1.63. The van der Waals surface area contributed by atoms with Crippen LogP contribution in [0.3, 0.4) is 0 Å². The summed E-state index contributed by atoms with van der Waals surface area (Å²) in [6.07, 6.45) is 0. The highest BCUT2D eigenvalue weighted by molar-refractivity contribution is 7.80. The van der Waals surface area contributed by atoms with E-state index in [1.807, 2.05) is 32.9 Å². The molecule has 0 aliphatic rings. The Bertz CT molecular complexity index is 772. The minimum Gasteiger partial charge on any atom is -0.465 e. The minimum absolute atomic E-state index is 0.379. The quantitative estimate of drug-likeness (QED) is 0.594. The van der Waals surface area contributed by atoms with E-state index in [2.05, 4.69) is 10.6 Å². The van der Waals surface area contributed by atoms with E-state index in [0.29, 0.717) is 20.7 Å². The van der Waals surface area contributed by atoms with Crippen molar-refractivity contribution >= 4 is 56.9 Å². The summed E-state index contributed by atoms with van der Waals surface area (Å²) in [5, 5.41) is 7.84. The average molecular weight is 369 g/mol. The summed E-state index contributed by atoms with van der Waals surface area (Å²) in [6, 6.07) is 5.60. The van der Waals surface area contributed by atoms with Gasteiger partial charge in [-0.3, -0.25) is 0 Å². The zero-order valence-corrected chi connectivity index (χ0v) is 15.6. The number of thiocarbonyl (C=S) groups is 1. The van der Waals surface area contributed by atoms with Crippen molar-refractivity contribution in [2.24, 2.45) is 0 Å². The average Bonchev–Trinajstić information content (AvgIpc) is 2.76. The normalized spacial score (nSPS) is 10.3. The molecule has 1 aromatic carbocycles. The molecule has 0 aliphatic heterocycles. The summed E-state index contributed by atoms with van der Waals surface area (Å²) in [4.78, 5) is 13.0. The number of ether oxygens (including phenoxy) is 1. The van der Waals surface area contributed by atoms with Crippen LogP contribution >= 0.6 is 35.2 Å². The maximum atomic E-state index is 12.0. The number of halogens is 1. The molecule has 0 aliphatic carbocycles. The van der Waals surface area contributed by atoms with Gasteiger partial charge in [0.2, 0.25) is 0 Å². The maximum Gasteiger partial charge on any atom is 0.341 e. The summed E-state index contributed by atoms with van der Waals surface area (Å²) >= 11 is 12.9. The zero-order valence-electron chi connectivity index (χ0n) is 13.2. The van der Waals surface area contributed by atoms with Crippen molar-refractivity contribution in [3.63, 3.8) is 0 Å². The van der Waals surface area contributed by atoms with Crippen LogP contribution in [0.5, 0.6) is 0 Å². The number of carbonyl (C=O) groups excluding carboxylic acids is 1. The first-order chi connectivity index (χ1) is 10.8. The number of rotatable bonds is 3. The first kappa shape index (κ1) is 17.7. The monoisotopic (exact) mass is 368 g/mol. The van der Waals surface area contributed by atoms with Gasteiger partial charge in [0.05, 0.1) is 12.7 Å². The van der Waals surface area contributed by atoms with Gasteiger partial charge in [-0.1, -0.05) is 17.7 Å². The Morgan fingerprint density at radius 3 is 2.57 bits per heavy atom. The SMILES string of the molecule is COC(=O)c1c(NC(=S)Nc2ccc(C)c(Cl)c2)sc(C)c1C. The predicted molar refractivity (Wildman–Crippen MR) is 101 cm³/mol. The number of aryl methyl sites for hydroxylation is 2. The molecule has 0 saturated heterocycles. The fourth-order valence-corrected chi connectivity index (χ4v) is 3.52. The van der Waals surface area contributed by atoms with Crippen LogP contribution in [0.1, 0.15) is 26.4 Å². The third kappa shape index (κ3) is 4.02. The Balaban J connectivity index is 2.18. The summed E-state index contributed by atoms with van der Waals surface area (Å²) in [5.74, 6) is -0.379. The highest BCUT2D eigenvalue weighted by Crippen LogP contribution is 2.33. The number of benzene rings is 1. The van der Waals surface area contributed by atoms with Crippen LogP contribution in [0, 0.1) is 20.8 Å². The van der Waals surface area contributed by atoms with E-state index in [1.54, 1.807) is 6.07 Å². The van der Waals surface area contributed by atoms with Gasteiger partial charge in [0.1, 0.15) is 5.00 Å². The Kier molecular flexibility index (Phi) is 5.62. The number of anilines is 2. The molecule has 0 fully saturated rings. The lowest BCUT2D eigenvalue weighted by molar-refractivity contribution is 0.0601. The molecule has 0 unspecified atom stereocenters. The highest BCUT2D eigenvalue weighted by atomic mass is 35.5. The van der Waals surface area contributed by atoms with E-state index < -0.39 is 0 Å². The third-order valence-electron chi connectivity index (χ3n) is 3.43. The maximum absolute atomic E-state index is 12.0. The van der Waals surface area contributed by atoms with Crippen molar-refractivity contribution in [2.75, 3.05) is 17.7 Å². The summed E-state index contributed by atoms with van der Waals surface area (Å²) < 4.78 is 4.85. The van der Waals surface area contributed by atoms with Gasteiger partial charge in [-0.2, -0.15) is 0 Å². The van der Waals surface area contributed by atoms with Crippen LogP contribution in [0.2, 0.25) is 5.02 Å². The second-order valence-corrected chi connectivity index (χ2v) is 7.06. The van der Waals surface area contributed by atoms with E-state index in [0.717, 1.165) is 21.7 Å². The van der Waals surface area contributed by atoms with Gasteiger partial charge in [0, 0.05) is 15.6 Å². The first-order valence-electron chi connectivity index (χ1n) is 6.86. The molecule has 1 aromatic heterocycles. The van der Waals surface area contributed by atoms with Crippen LogP contribution < -0.4 is 10.6 Å². The smallest absolute Gasteiger partial charge is 0.341 e. The van der Waals surface area contributed by atoms with Gasteiger partial charge in [-0.05, 0) is 56.2 Å². The molecule has 23 heavy (non-hydrogen) atoms. The second-order valence-electron chi connectivity index (χ2n) is 5.02. The van der Waals surface area contributed by atoms with Crippen molar-refractivity contribution in [3.8, 4) is 0 Å². The molecule has 122 valence electrons. The molecular weight excluding hydrogens is 352 g/mol. The largest absolute Gasteiger partial charge is 0.465 e. The highest BCUT2D eigenvalue weighted by Gasteiger charge is 2.20. The lowest BCUT2D eigenvalue weighted by Crippen LogP contribution is -2.20. The fourth-order valence-electron chi connectivity index (χ4n) is 2.00. The molecule has 7 heteroatoms. The van der Waals surface area contributed by atoms with Crippen molar-refractivity contribution < 1.29 is 9.53 Å². The lowest BCUT2D eigenvalue weighted by atomic mass is 10.1. The minimum atomic E-state index is -0.379. The number of methoxy groups -OCH3 is 1. The van der Waals surface area contributed by atoms with Crippen LogP contribution in [0.25, 0.3) is 0 Å². The number of thiophene rings is 1. The summed E-state index contributed by atoms with van der Waals surface area (Å²) in [7, 11) is 1.36. The molecule has 2 aromatic rings. The standard InChI is InChI=1S/C16H17ClN2O2S2/c1-8-5-6-11(7-12(8)17)18-16(22)19-14-13(15(20)21-4)9(2)10(3)23-14/h5-7H,1-4H3,(H2,18,19,22). The van der Waals surface area contributed by atoms with Crippen molar-refractivity contribution in [1.29, 1.82) is 0 Å². The van der Waals surface area contributed by atoms with Crippen LogP contribution in [0.4, 0.5) is 10.7 Å². The van der Waals surface area contributed by atoms with Gasteiger partial charge < -0.3 is 15.4 Å². The van der Waals surface area contributed by atoms with Gasteiger partial charge in [0.25, 0.3) is 0 Å². The number of hydrogen-bond acceptors (Lipinski definition) is 4. The summed E-state index contributed by atoms with van der Waals surface area (Å²) in [6.45, 7) is 5.77. The van der Waals surface area contributed by atoms with Crippen molar-refractivity contribution in [1.82, 2.24) is 0 Å². The Morgan fingerprint density at radius 2 is 1.96 bits per heavy atom. The number of hydrogen-bond donors (Lipinski definition) is 2. The molecule has 4 nitrogen and oxygen atoms in total. The molecule has 2 rings (SSSR count). The number of esters is 1. The van der Waals surface area contributed by atoms with Crippen LogP contribution in [-0.2, 0) is 4.74 Å². The fraction of sp³-hybridized carbons (Fsp3) is 0.250. The lowest BCUT2D eigenvalue weighted by Gasteiger charge is -2.11. The van der Waals surface area contributed by atoms with Crippen LogP contribution in [0.15, 0.2) is 18.2 Å². The second kappa shape index (κ2) is 7.29. The number of nitrogens with one attached hydrogen (secondary N) is 2. The van der Waals surface area contributed by atoms with Gasteiger partial charge in [-0.15, -0.1) is 11.3 Å². The van der Waals surface area contributed by atoms with Gasteiger partial charge in [0.15, 0.2) is 5.11 Å². The molecule has 0 atom stereocenters. The van der Waals surface area contributed by atoms with E-state index in [1.165, 1.54) is 18.4 Å². The van der Waals surface area contributed by atoms with E-state index in [-0.39, 0.29) is 5.97 Å². The van der Waals surface area contributed by atoms with Gasteiger partial charge in [-0.25, -0.2) is 4.79 Å². The molecule has 0 amide bonds. The van der Waals surface area contributed by atoms with E-state index in [9.17, 15) is 4.79 Å². The van der Waals surface area contributed by atoms with Crippen LogP contribution in [-0.4, -0.2) is 18.2 Å². The van der Waals surface area contributed by atoms with E-state index >= 15 is 0 Å². The predicted octanol–water partition coefficient (Wildman–Crippen LogP) is 4.92. The molecule has 0 saturated carbocycles. The number of carbonyl (C=O) groups is 1. The van der Waals surface area contributed by atoms with Crippen molar-refractivity contribution in [2.45, 2.75) is 20.8 Å². The zero-order chi connectivity index (χ0) is 17.1. The molecule has 2 N–H and O–H groups in total. The molecule has 0 bridgehead atoms. The molecule has 0 spiro atoms. The molecule has 0 radical (unpaired) electrons. The van der Waals surface area contributed by atoms with E-state index in [4.69, 9.17) is 28.6 Å². The Morgan fingerprint density at radius 1 is 1.26 bits per heavy atom. The topological polar surface area (TPSA) is 50.4 Å². The molecule has 1 heterocycles. The van der Waals surface area contributed by atoms with Gasteiger partial charge >= 0.3 is 5.97 Å². The third-order valence-corrected chi connectivity index (χ3v) is 5.17. The molecular formula is C16H17ClN2O2S2. The Labute approximate surface area is 149 Å². The summed E-state index contributed by atoms with van der Waals surface area (Å²) in [5.41, 5.74) is 3.18.